The maximum Gasteiger partial charge on any atom is 0.321 e. The van der Waals surface area contributed by atoms with Gasteiger partial charge in [0.15, 0.2) is 0 Å². The second-order valence-corrected chi connectivity index (χ2v) is 5.68. The summed E-state index contributed by atoms with van der Waals surface area (Å²) in [6.07, 6.45) is 3.56. The molecule has 23 heavy (non-hydrogen) atoms. The first-order valence-corrected chi connectivity index (χ1v) is 7.74. The van der Waals surface area contributed by atoms with E-state index in [1.165, 1.54) is 4.90 Å². The topological polar surface area (TPSA) is 54.5 Å². The lowest BCUT2D eigenvalue weighted by Crippen LogP contribution is -2.27. The smallest absolute Gasteiger partial charge is 0.321 e. The Hall–Kier alpha value is -2.27. The molecule has 1 heterocycles. The van der Waals surface area contributed by atoms with Crippen molar-refractivity contribution in [3.63, 3.8) is 0 Å². The van der Waals surface area contributed by atoms with Crippen LogP contribution in [-0.4, -0.2) is 36.6 Å². The van der Waals surface area contributed by atoms with Crippen LogP contribution in [0.15, 0.2) is 42.6 Å². The molecule has 0 fully saturated rings. The largest absolute Gasteiger partial charge is 0.494 e. The molecule has 2 aromatic rings. The maximum absolute atomic E-state index is 11.5. The average molecular weight is 334 g/mol. The molecule has 2 rings (SSSR count). The van der Waals surface area contributed by atoms with Gasteiger partial charge in [-0.3, -0.25) is 0 Å². The van der Waals surface area contributed by atoms with Crippen LogP contribution in [0.25, 0.3) is 0 Å². The molecule has 6 heteroatoms. The summed E-state index contributed by atoms with van der Waals surface area (Å²) in [4.78, 5) is 17.1. The van der Waals surface area contributed by atoms with Crippen LogP contribution in [0.4, 0.5) is 10.5 Å². The number of urea groups is 1. The van der Waals surface area contributed by atoms with Crippen LogP contribution in [0.2, 0.25) is 5.15 Å². The Bertz CT molecular complexity index is 627. The second-order valence-electron chi connectivity index (χ2n) is 5.29. The molecule has 2 amide bonds. The zero-order chi connectivity index (χ0) is 16.7. The summed E-state index contributed by atoms with van der Waals surface area (Å²) in [5.74, 6) is 0.780. The van der Waals surface area contributed by atoms with Crippen molar-refractivity contribution in [3.05, 3.63) is 53.3 Å². The fraction of sp³-hybridized carbons (Fsp3) is 0.294. The van der Waals surface area contributed by atoms with Crippen LogP contribution in [-0.2, 0) is 6.42 Å². The highest BCUT2D eigenvalue weighted by atomic mass is 35.5. The Kier molecular flexibility index (Phi) is 6.23. The van der Waals surface area contributed by atoms with E-state index in [4.69, 9.17) is 16.3 Å². The van der Waals surface area contributed by atoms with Gasteiger partial charge in [0.2, 0.25) is 0 Å². The Labute approximate surface area is 141 Å². The number of anilines is 1. The summed E-state index contributed by atoms with van der Waals surface area (Å²) in [6.45, 7) is 0.617. The zero-order valence-electron chi connectivity index (χ0n) is 13.3. The van der Waals surface area contributed by atoms with Gasteiger partial charge in [0.25, 0.3) is 0 Å². The summed E-state index contributed by atoms with van der Waals surface area (Å²) in [7, 11) is 3.39. The SMILES string of the molecule is CN(C)C(=O)Nc1ccc(OCCCc2ccc(Cl)nc2)cc1. The number of rotatable bonds is 6. The summed E-state index contributed by atoms with van der Waals surface area (Å²) in [6, 6.07) is 10.9. The molecule has 1 aromatic heterocycles. The molecule has 0 aliphatic heterocycles. The van der Waals surface area contributed by atoms with Crippen molar-refractivity contribution in [3.8, 4) is 5.75 Å². The standard InChI is InChI=1S/C17H20ClN3O2/c1-21(2)17(22)20-14-6-8-15(9-7-14)23-11-3-4-13-5-10-16(18)19-12-13/h5-10,12H,3-4,11H2,1-2H3,(H,20,22). The van der Waals surface area contributed by atoms with Crippen LogP contribution in [0.1, 0.15) is 12.0 Å². The molecule has 0 aliphatic rings. The summed E-state index contributed by atoms with van der Waals surface area (Å²) in [5.41, 5.74) is 1.88. The number of carbonyl (C=O) groups is 1. The number of aryl methyl sites for hydroxylation is 1. The van der Waals surface area contributed by atoms with Gasteiger partial charge in [-0.25, -0.2) is 9.78 Å². The van der Waals surface area contributed by atoms with E-state index in [0.717, 1.165) is 29.8 Å². The van der Waals surface area contributed by atoms with E-state index in [1.54, 1.807) is 26.4 Å². The molecular formula is C17H20ClN3O2. The molecule has 0 saturated heterocycles. The van der Waals surface area contributed by atoms with Gasteiger partial charge in [-0.05, 0) is 48.7 Å². The molecule has 0 atom stereocenters. The lowest BCUT2D eigenvalue weighted by atomic mass is 10.2. The fourth-order valence-electron chi connectivity index (χ4n) is 1.89. The Morgan fingerprint density at radius 2 is 1.96 bits per heavy atom. The van der Waals surface area contributed by atoms with Gasteiger partial charge in [-0.2, -0.15) is 0 Å². The predicted octanol–water partition coefficient (Wildman–Crippen LogP) is 3.84. The van der Waals surface area contributed by atoms with E-state index in [2.05, 4.69) is 10.3 Å². The van der Waals surface area contributed by atoms with E-state index in [-0.39, 0.29) is 6.03 Å². The lowest BCUT2D eigenvalue weighted by molar-refractivity contribution is 0.230. The molecule has 1 aromatic carbocycles. The van der Waals surface area contributed by atoms with Gasteiger partial charge in [0, 0.05) is 26.0 Å². The quantitative estimate of drug-likeness (QED) is 0.645. The number of hydrogen-bond donors (Lipinski definition) is 1. The summed E-state index contributed by atoms with van der Waals surface area (Å²) >= 11 is 5.75. The summed E-state index contributed by atoms with van der Waals surface area (Å²) < 4.78 is 5.69. The van der Waals surface area contributed by atoms with Crippen molar-refractivity contribution in [1.82, 2.24) is 9.88 Å². The lowest BCUT2D eigenvalue weighted by Gasteiger charge is -2.12. The number of hydrogen-bond acceptors (Lipinski definition) is 3. The highest BCUT2D eigenvalue weighted by molar-refractivity contribution is 6.29. The maximum atomic E-state index is 11.5. The number of carbonyl (C=O) groups excluding carboxylic acids is 1. The number of nitrogens with zero attached hydrogens (tertiary/aromatic N) is 2. The molecule has 0 unspecified atom stereocenters. The normalized spacial score (nSPS) is 10.2. The van der Waals surface area contributed by atoms with E-state index < -0.39 is 0 Å². The van der Waals surface area contributed by atoms with Crippen LogP contribution in [0, 0.1) is 0 Å². The van der Waals surface area contributed by atoms with Crippen LogP contribution < -0.4 is 10.1 Å². The molecule has 5 nitrogen and oxygen atoms in total. The number of pyridine rings is 1. The number of amides is 2. The van der Waals surface area contributed by atoms with Crippen molar-refractivity contribution >= 4 is 23.3 Å². The first kappa shape index (κ1) is 17.1. The molecule has 122 valence electrons. The number of ether oxygens (including phenoxy) is 1. The van der Waals surface area contributed by atoms with E-state index in [9.17, 15) is 4.79 Å². The Morgan fingerprint density at radius 1 is 1.22 bits per heavy atom. The van der Waals surface area contributed by atoms with Crippen LogP contribution in [0.5, 0.6) is 5.75 Å². The Morgan fingerprint density at radius 3 is 2.57 bits per heavy atom. The van der Waals surface area contributed by atoms with Crippen molar-refractivity contribution in [2.45, 2.75) is 12.8 Å². The van der Waals surface area contributed by atoms with Crippen molar-refractivity contribution < 1.29 is 9.53 Å². The number of halogens is 1. The number of aromatic nitrogens is 1. The summed E-state index contributed by atoms with van der Waals surface area (Å²) in [5, 5.41) is 3.28. The van der Waals surface area contributed by atoms with Crippen molar-refractivity contribution in [2.24, 2.45) is 0 Å². The third-order valence-corrected chi connectivity index (χ3v) is 3.40. The van der Waals surface area contributed by atoms with E-state index in [0.29, 0.717) is 11.8 Å². The molecular weight excluding hydrogens is 314 g/mol. The van der Waals surface area contributed by atoms with Gasteiger partial charge >= 0.3 is 6.03 Å². The third kappa shape index (κ3) is 5.79. The van der Waals surface area contributed by atoms with Gasteiger partial charge in [0.1, 0.15) is 10.9 Å². The minimum absolute atomic E-state index is 0.157. The molecule has 1 N–H and O–H groups in total. The molecule has 0 saturated carbocycles. The number of nitrogens with one attached hydrogen (secondary N) is 1. The average Bonchev–Trinajstić information content (AvgIpc) is 2.54. The van der Waals surface area contributed by atoms with Crippen LogP contribution in [0.3, 0.4) is 0 Å². The molecule has 0 bridgehead atoms. The molecule has 0 aliphatic carbocycles. The predicted molar refractivity (Wildman–Crippen MR) is 92.2 cm³/mol. The van der Waals surface area contributed by atoms with Gasteiger partial charge in [-0.15, -0.1) is 0 Å². The highest BCUT2D eigenvalue weighted by Crippen LogP contribution is 2.16. The zero-order valence-corrected chi connectivity index (χ0v) is 14.0. The van der Waals surface area contributed by atoms with E-state index in [1.807, 2.05) is 30.3 Å². The number of benzene rings is 1. The van der Waals surface area contributed by atoms with Gasteiger partial charge in [0.05, 0.1) is 6.61 Å². The molecule has 0 radical (unpaired) electrons. The minimum Gasteiger partial charge on any atom is -0.494 e. The van der Waals surface area contributed by atoms with Crippen molar-refractivity contribution in [2.75, 3.05) is 26.0 Å². The fourth-order valence-corrected chi connectivity index (χ4v) is 2.00. The van der Waals surface area contributed by atoms with E-state index >= 15 is 0 Å². The second kappa shape index (κ2) is 8.39. The third-order valence-electron chi connectivity index (χ3n) is 3.18. The minimum atomic E-state index is -0.157. The van der Waals surface area contributed by atoms with Gasteiger partial charge in [-0.1, -0.05) is 17.7 Å². The molecule has 0 spiro atoms. The first-order chi connectivity index (χ1) is 11.0. The van der Waals surface area contributed by atoms with Gasteiger partial charge < -0.3 is 15.0 Å². The monoisotopic (exact) mass is 333 g/mol. The van der Waals surface area contributed by atoms with Crippen molar-refractivity contribution in [1.29, 1.82) is 0 Å². The van der Waals surface area contributed by atoms with Crippen LogP contribution >= 0.6 is 11.6 Å². The Balaban J connectivity index is 1.73. The highest BCUT2D eigenvalue weighted by Gasteiger charge is 2.03. The first-order valence-electron chi connectivity index (χ1n) is 7.36.